The minimum atomic E-state index is -1.13. The van der Waals surface area contributed by atoms with Crippen molar-refractivity contribution in [3.05, 3.63) is 29.8 Å². The van der Waals surface area contributed by atoms with Crippen LogP contribution >= 0.6 is 0 Å². The summed E-state index contributed by atoms with van der Waals surface area (Å²) in [6.07, 6.45) is 0.346. The van der Waals surface area contributed by atoms with Gasteiger partial charge in [0.1, 0.15) is 12.3 Å². The van der Waals surface area contributed by atoms with Crippen LogP contribution in [0.4, 0.5) is 4.79 Å². The SMILES string of the molecule is CC(C)CNC(=O)CN1C(=O)NC2(CCOc3ccccc32)C1=O. The fraction of sp³-hybridized carbons (Fsp3) is 0.471. The highest BCUT2D eigenvalue weighted by Crippen LogP contribution is 2.40. The Morgan fingerprint density at radius 3 is 2.88 bits per heavy atom. The van der Waals surface area contributed by atoms with Crippen LogP contribution in [0.5, 0.6) is 5.75 Å². The van der Waals surface area contributed by atoms with E-state index in [1.165, 1.54) is 0 Å². The van der Waals surface area contributed by atoms with E-state index < -0.39 is 17.5 Å². The summed E-state index contributed by atoms with van der Waals surface area (Å²) in [6, 6.07) is 6.61. The van der Waals surface area contributed by atoms with E-state index in [1.54, 1.807) is 18.2 Å². The molecule has 2 aliphatic heterocycles. The van der Waals surface area contributed by atoms with Crippen molar-refractivity contribution < 1.29 is 19.1 Å². The van der Waals surface area contributed by atoms with E-state index in [0.717, 1.165) is 4.90 Å². The largest absolute Gasteiger partial charge is 0.493 e. The maximum atomic E-state index is 12.9. The van der Waals surface area contributed by atoms with Crippen LogP contribution in [0.15, 0.2) is 24.3 Å². The number of nitrogens with one attached hydrogen (secondary N) is 2. The van der Waals surface area contributed by atoms with E-state index >= 15 is 0 Å². The zero-order valence-electron chi connectivity index (χ0n) is 13.8. The molecule has 1 atom stereocenters. The normalized spacial score (nSPS) is 22.4. The summed E-state index contributed by atoms with van der Waals surface area (Å²) in [7, 11) is 0. The number of carbonyl (C=O) groups excluding carboxylic acids is 3. The first-order valence-electron chi connectivity index (χ1n) is 8.07. The summed E-state index contributed by atoms with van der Waals surface area (Å²) in [5.74, 6) is 0.141. The maximum Gasteiger partial charge on any atom is 0.325 e. The molecule has 3 rings (SSSR count). The van der Waals surface area contributed by atoms with E-state index in [9.17, 15) is 14.4 Å². The Bertz CT molecular complexity index is 688. The third-order valence-corrected chi connectivity index (χ3v) is 4.27. The Morgan fingerprint density at radius 2 is 2.12 bits per heavy atom. The number of urea groups is 1. The van der Waals surface area contributed by atoms with E-state index in [-0.39, 0.29) is 12.5 Å². The van der Waals surface area contributed by atoms with Crippen LogP contribution in [0.1, 0.15) is 25.8 Å². The van der Waals surface area contributed by atoms with E-state index in [4.69, 9.17) is 4.74 Å². The van der Waals surface area contributed by atoms with Gasteiger partial charge in [-0.1, -0.05) is 32.0 Å². The van der Waals surface area contributed by atoms with Crippen molar-refractivity contribution in [2.24, 2.45) is 5.92 Å². The number of hydrogen-bond acceptors (Lipinski definition) is 4. The Balaban J connectivity index is 1.81. The molecule has 7 nitrogen and oxygen atoms in total. The van der Waals surface area contributed by atoms with Gasteiger partial charge in [0, 0.05) is 18.5 Å². The van der Waals surface area contributed by atoms with E-state index in [1.807, 2.05) is 19.9 Å². The molecule has 1 spiro atoms. The fourth-order valence-corrected chi connectivity index (χ4v) is 3.03. The minimum absolute atomic E-state index is 0.276. The van der Waals surface area contributed by atoms with Crippen LogP contribution in [-0.4, -0.2) is 42.4 Å². The van der Waals surface area contributed by atoms with Crippen molar-refractivity contribution in [3.63, 3.8) is 0 Å². The average molecular weight is 331 g/mol. The van der Waals surface area contributed by atoms with Crippen molar-refractivity contribution in [2.45, 2.75) is 25.8 Å². The Kier molecular flexibility index (Phi) is 4.17. The number of hydrogen-bond donors (Lipinski definition) is 2. The van der Waals surface area contributed by atoms with Gasteiger partial charge in [-0.05, 0) is 12.0 Å². The summed E-state index contributed by atoms with van der Waals surface area (Å²) >= 11 is 0. The van der Waals surface area contributed by atoms with Gasteiger partial charge in [0.05, 0.1) is 6.61 Å². The summed E-state index contributed by atoms with van der Waals surface area (Å²) < 4.78 is 5.57. The Labute approximate surface area is 140 Å². The molecule has 0 aliphatic carbocycles. The van der Waals surface area contributed by atoms with Gasteiger partial charge in [-0.3, -0.25) is 14.5 Å². The number of ether oxygens (including phenoxy) is 1. The fourth-order valence-electron chi connectivity index (χ4n) is 3.03. The smallest absolute Gasteiger partial charge is 0.325 e. The van der Waals surface area contributed by atoms with Gasteiger partial charge in [-0.15, -0.1) is 0 Å². The molecule has 0 aromatic heterocycles. The van der Waals surface area contributed by atoms with Crippen LogP contribution in [0.25, 0.3) is 0 Å². The molecule has 24 heavy (non-hydrogen) atoms. The summed E-state index contributed by atoms with van der Waals surface area (Å²) in [4.78, 5) is 38.2. The predicted molar refractivity (Wildman–Crippen MR) is 86.3 cm³/mol. The van der Waals surface area contributed by atoms with Crippen LogP contribution in [-0.2, 0) is 15.1 Å². The van der Waals surface area contributed by atoms with Crippen LogP contribution in [0.3, 0.4) is 0 Å². The molecule has 4 amide bonds. The molecule has 1 unspecified atom stereocenters. The highest BCUT2D eigenvalue weighted by molar-refractivity contribution is 6.09. The topological polar surface area (TPSA) is 87.7 Å². The first kappa shape index (κ1) is 16.3. The third kappa shape index (κ3) is 2.70. The van der Waals surface area contributed by atoms with Gasteiger partial charge in [0.15, 0.2) is 5.54 Å². The zero-order valence-corrected chi connectivity index (χ0v) is 13.8. The van der Waals surface area contributed by atoms with Gasteiger partial charge in [-0.2, -0.15) is 0 Å². The molecule has 7 heteroatoms. The molecule has 2 aliphatic rings. The van der Waals surface area contributed by atoms with Gasteiger partial charge in [0.2, 0.25) is 5.91 Å². The highest BCUT2D eigenvalue weighted by Gasteiger charge is 2.55. The van der Waals surface area contributed by atoms with Crippen molar-refractivity contribution in [3.8, 4) is 5.75 Å². The minimum Gasteiger partial charge on any atom is -0.493 e. The number of nitrogens with zero attached hydrogens (tertiary/aromatic N) is 1. The van der Waals surface area contributed by atoms with Crippen LogP contribution < -0.4 is 15.4 Å². The number of fused-ring (bicyclic) bond motifs is 2. The van der Waals surface area contributed by atoms with Gasteiger partial charge < -0.3 is 15.4 Å². The maximum absolute atomic E-state index is 12.9. The molecule has 2 heterocycles. The highest BCUT2D eigenvalue weighted by atomic mass is 16.5. The number of carbonyl (C=O) groups is 3. The lowest BCUT2D eigenvalue weighted by Gasteiger charge is -2.33. The Morgan fingerprint density at radius 1 is 1.38 bits per heavy atom. The van der Waals surface area contributed by atoms with Crippen molar-refractivity contribution in [2.75, 3.05) is 19.7 Å². The van der Waals surface area contributed by atoms with Crippen LogP contribution in [0.2, 0.25) is 0 Å². The standard InChI is InChI=1S/C17H21N3O4/c1-11(2)9-18-14(21)10-20-15(22)17(19-16(20)23)7-8-24-13-6-4-3-5-12(13)17/h3-6,11H,7-10H2,1-2H3,(H,18,21)(H,19,23). The molecule has 128 valence electrons. The second kappa shape index (κ2) is 6.14. The number of para-hydroxylation sites is 1. The monoisotopic (exact) mass is 331 g/mol. The van der Waals surface area contributed by atoms with Crippen molar-refractivity contribution in [1.82, 2.24) is 15.5 Å². The van der Waals surface area contributed by atoms with Gasteiger partial charge >= 0.3 is 6.03 Å². The molecule has 0 radical (unpaired) electrons. The number of rotatable bonds is 4. The quantitative estimate of drug-likeness (QED) is 0.806. The van der Waals surface area contributed by atoms with Crippen molar-refractivity contribution >= 4 is 17.8 Å². The van der Waals surface area contributed by atoms with E-state index in [0.29, 0.717) is 36.8 Å². The summed E-state index contributed by atoms with van der Waals surface area (Å²) in [6.45, 7) is 4.51. The number of benzene rings is 1. The van der Waals surface area contributed by atoms with Crippen LogP contribution in [0, 0.1) is 5.92 Å². The lowest BCUT2D eigenvalue weighted by molar-refractivity contribution is -0.136. The molecular weight excluding hydrogens is 310 g/mol. The second-order valence-corrected chi connectivity index (χ2v) is 6.52. The lowest BCUT2D eigenvalue weighted by Crippen LogP contribution is -2.48. The average Bonchev–Trinajstić information content (AvgIpc) is 2.78. The second-order valence-electron chi connectivity index (χ2n) is 6.52. The molecule has 2 N–H and O–H groups in total. The number of amides is 4. The zero-order chi connectivity index (χ0) is 17.3. The van der Waals surface area contributed by atoms with Gasteiger partial charge in [-0.25, -0.2) is 4.79 Å². The molecule has 1 aromatic carbocycles. The molecule has 0 bridgehead atoms. The Hall–Kier alpha value is -2.57. The predicted octanol–water partition coefficient (Wildman–Crippen LogP) is 0.988. The molecule has 1 aromatic rings. The summed E-state index contributed by atoms with van der Waals surface area (Å²) in [5, 5.41) is 5.50. The number of imide groups is 1. The first-order valence-corrected chi connectivity index (χ1v) is 8.07. The molecule has 0 saturated carbocycles. The first-order chi connectivity index (χ1) is 11.4. The summed E-state index contributed by atoms with van der Waals surface area (Å²) in [5.41, 5.74) is -0.496. The molecule has 1 saturated heterocycles. The van der Waals surface area contributed by atoms with Gasteiger partial charge in [0.25, 0.3) is 5.91 Å². The third-order valence-electron chi connectivity index (χ3n) is 4.27. The lowest BCUT2D eigenvalue weighted by atomic mass is 9.84. The molecule has 1 fully saturated rings. The molecular formula is C17H21N3O4. The van der Waals surface area contributed by atoms with E-state index in [2.05, 4.69) is 10.6 Å². The van der Waals surface area contributed by atoms with Crippen molar-refractivity contribution in [1.29, 1.82) is 0 Å².